The van der Waals surface area contributed by atoms with Crippen LogP contribution in [0.2, 0.25) is 0 Å². The van der Waals surface area contributed by atoms with Crippen LogP contribution in [0.25, 0.3) is 22.0 Å². The van der Waals surface area contributed by atoms with Crippen molar-refractivity contribution < 1.29 is 9.59 Å². The highest BCUT2D eigenvalue weighted by atomic mass is 32.1. The Kier molecular flexibility index (Phi) is 6.14. The van der Waals surface area contributed by atoms with Crippen LogP contribution < -0.4 is 17.0 Å². The first-order valence-electron chi connectivity index (χ1n) is 8.42. The van der Waals surface area contributed by atoms with E-state index in [0.29, 0.717) is 26.9 Å². The lowest BCUT2D eigenvalue weighted by Gasteiger charge is -2.14. The Morgan fingerprint density at radius 2 is 1.82 bits per heavy atom. The minimum absolute atomic E-state index is 0. The lowest BCUT2D eigenvalue weighted by Crippen LogP contribution is -2.18. The standard InChI is InChI=1S/C18H18N4O3S.2CH4/c19-16(23)11-6-21-18(25)14-12(9-5-13(17(20)24)26-8-9)7-22(15(11)14)10-3-1-2-4-10;;/h5-8,10H,1-4H2,(H2,19,23)(H2,20,24)(H,21,25);2*1H4. The van der Waals surface area contributed by atoms with Crippen LogP contribution in [0.15, 0.2) is 28.6 Å². The van der Waals surface area contributed by atoms with Crippen molar-refractivity contribution in [2.24, 2.45) is 11.5 Å². The molecule has 150 valence electrons. The van der Waals surface area contributed by atoms with Gasteiger partial charge in [-0.05, 0) is 29.9 Å². The largest absolute Gasteiger partial charge is 0.365 e. The molecule has 1 fully saturated rings. The number of nitrogens with one attached hydrogen (secondary N) is 1. The third-order valence-corrected chi connectivity index (χ3v) is 5.94. The van der Waals surface area contributed by atoms with Crippen LogP contribution in [0.4, 0.5) is 0 Å². The molecule has 5 N–H and O–H groups in total. The van der Waals surface area contributed by atoms with Gasteiger partial charge in [0, 0.05) is 24.0 Å². The van der Waals surface area contributed by atoms with Crippen LogP contribution in [-0.2, 0) is 0 Å². The number of pyridine rings is 1. The highest BCUT2D eigenvalue weighted by molar-refractivity contribution is 7.12. The second-order valence-corrected chi connectivity index (χ2v) is 7.48. The maximum Gasteiger partial charge on any atom is 0.258 e. The fourth-order valence-electron chi connectivity index (χ4n) is 3.79. The molecule has 1 saturated carbocycles. The minimum Gasteiger partial charge on any atom is -0.365 e. The molecule has 1 aliphatic rings. The first kappa shape index (κ1) is 21.4. The molecule has 4 rings (SSSR count). The summed E-state index contributed by atoms with van der Waals surface area (Å²) in [7, 11) is 0. The number of aromatic amines is 1. The number of fused-ring (bicyclic) bond motifs is 1. The van der Waals surface area contributed by atoms with Gasteiger partial charge in [0.05, 0.1) is 21.3 Å². The van der Waals surface area contributed by atoms with Crippen molar-refractivity contribution in [3.05, 3.63) is 44.6 Å². The Morgan fingerprint density at radius 3 is 2.39 bits per heavy atom. The number of aromatic nitrogens is 2. The van der Waals surface area contributed by atoms with Crippen molar-refractivity contribution in [1.29, 1.82) is 0 Å². The van der Waals surface area contributed by atoms with E-state index in [0.717, 1.165) is 31.2 Å². The zero-order valence-corrected chi connectivity index (χ0v) is 14.8. The number of nitrogens with two attached hydrogens (primary N) is 2. The Bertz CT molecular complexity index is 1090. The highest BCUT2D eigenvalue weighted by Gasteiger charge is 2.25. The normalized spacial score (nSPS) is 13.9. The molecule has 28 heavy (non-hydrogen) atoms. The van der Waals surface area contributed by atoms with Crippen LogP contribution >= 0.6 is 11.3 Å². The fourth-order valence-corrected chi connectivity index (χ4v) is 4.55. The average Bonchev–Trinajstić information content (AvgIpc) is 3.33. The molecule has 2 amide bonds. The number of thiophene rings is 1. The molecule has 0 spiro atoms. The van der Waals surface area contributed by atoms with Crippen LogP contribution in [0.5, 0.6) is 0 Å². The number of nitrogens with zero attached hydrogens (tertiary/aromatic N) is 1. The molecule has 3 aromatic heterocycles. The molecular formula is C20H26N4O3S. The van der Waals surface area contributed by atoms with E-state index in [4.69, 9.17) is 11.5 Å². The Balaban J connectivity index is 0.00000140. The van der Waals surface area contributed by atoms with Crippen molar-refractivity contribution >= 4 is 34.1 Å². The summed E-state index contributed by atoms with van der Waals surface area (Å²) in [5, 5.41) is 2.21. The van der Waals surface area contributed by atoms with Crippen molar-refractivity contribution in [3.63, 3.8) is 0 Å². The van der Waals surface area contributed by atoms with E-state index in [-0.39, 0.29) is 26.5 Å². The van der Waals surface area contributed by atoms with Crippen molar-refractivity contribution in [2.45, 2.75) is 46.6 Å². The second kappa shape index (κ2) is 8.02. The monoisotopic (exact) mass is 402 g/mol. The van der Waals surface area contributed by atoms with E-state index in [1.165, 1.54) is 17.5 Å². The third-order valence-electron chi connectivity index (χ3n) is 5.00. The number of primary amides is 2. The van der Waals surface area contributed by atoms with Crippen molar-refractivity contribution in [2.75, 3.05) is 0 Å². The Hall–Kier alpha value is -2.87. The van der Waals surface area contributed by atoms with Crippen LogP contribution in [-0.4, -0.2) is 21.4 Å². The molecule has 7 nitrogen and oxygen atoms in total. The van der Waals surface area contributed by atoms with Gasteiger partial charge in [0.25, 0.3) is 17.4 Å². The van der Waals surface area contributed by atoms with E-state index in [1.54, 1.807) is 11.4 Å². The van der Waals surface area contributed by atoms with E-state index in [2.05, 4.69) is 4.98 Å². The van der Waals surface area contributed by atoms with Crippen LogP contribution in [0.3, 0.4) is 0 Å². The zero-order valence-electron chi connectivity index (χ0n) is 14.0. The topological polar surface area (TPSA) is 124 Å². The fraction of sp³-hybridized carbons (Fsp3) is 0.350. The maximum absolute atomic E-state index is 12.6. The average molecular weight is 403 g/mol. The van der Waals surface area contributed by atoms with E-state index >= 15 is 0 Å². The predicted octanol–water partition coefficient (Wildman–Crippen LogP) is 3.64. The number of rotatable bonds is 4. The lowest BCUT2D eigenvalue weighted by atomic mass is 10.1. The van der Waals surface area contributed by atoms with E-state index in [1.807, 2.05) is 10.8 Å². The van der Waals surface area contributed by atoms with Gasteiger partial charge < -0.3 is 21.0 Å². The van der Waals surface area contributed by atoms with Crippen molar-refractivity contribution in [3.8, 4) is 11.1 Å². The van der Waals surface area contributed by atoms with Gasteiger partial charge in [-0.2, -0.15) is 0 Å². The summed E-state index contributed by atoms with van der Waals surface area (Å²) in [6.45, 7) is 0. The molecule has 3 aromatic rings. The summed E-state index contributed by atoms with van der Waals surface area (Å²) in [6.07, 6.45) is 7.48. The molecule has 0 saturated heterocycles. The molecule has 0 aliphatic heterocycles. The van der Waals surface area contributed by atoms with Gasteiger partial charge in [-0.15, -0.1) is 11.3 Å². The van der Waals surface area contributed by atoms with Gasteiger partial charge in [0.2, 0.25) is 0 Å². The molecule has 0 radical (unpaired) electrons. The van der Waals surface area contributed by atoms with Gasteiger partial charge in [0.1, 0.15) is 0 Å². The van der Waals surface area contributed by atoms with Gasteiger partial charge in [0.15, 0.2) is 0 Å². The summed E-state index contributed by atoms with van der Waals surface area (Å²) in [6, 6.07) is 1.90. The minimum atomic E-state index is -0.585. The quantitative estimate of drug-likeness (QED) is 0.617. The van der Waals surface area contributed by atoms with Gasteiger partial charge in [-0.25, -0.2) is 0 Å². The number of carbonyl (C=O) groups excluding carboxylic acids is 2. The molecule has 0 unspecified atom stereocenters. The Labute approximate surface area is 167 Å². The molecule has 1 aliphatic carbocycles. The molecule has 8 heteroatoms. The second-order valence-electron chi connectivity index (χ2n) is 6.57. The molecular weight excluding hydrogens is 376 g/mol. The first-order chi connectivity index (χ1) is 12.5. The van der Waals surface area contributed by atoms with E-state index < -0.39 is 11.8 Å². The number of amides is 2. The summed E-state index contributed by atoms with van der Waals surface area (Å²) in [5.41, 5.74) is 12.9. The van der Waals surface area contributed by atoms with E-state index in [9.17, 15) is 14.4 Å². The van der Waals surface area contributed by atoms with Gasteiger partial charge in [-0.3, -0.25) is 14.4 Å². The number of hydrogen-bond acceptors (Lipinski definition) is 4. The number of hydrogen-bond donors (Lipinski definition) is 3. The summed E-state index contributed by atoms with van der Waals surface area (Å²) < 4.78 is 2.01. The smallest absolute Gasteiger partial charge is 0.258 e. The lowest BCUT2D eigenvalue weighted by molar-refractivity contribution is 0.0994. The number of carbonyl (C=O) groups is 2. The third kappa shape index (κ3) is 3.35. The van der Waals surface area contributed by atoms with Gasteiger partial charge in [-0.1, -0.05) is 27.7 Å². The summed E-state index contributed by atoms with van der Waals surface area (Å²) in [5.74, 6) is -1.09. The SMILES string of the molecule is C.C.NC(=O)c1cc(-c2cn(C3CCCC3)c3c(C(N)=O)c[nH]c(=O)c23)cs1. The number of H-pyrrole nitrogens is 1. The first-order valence-corrected chi connectivity index (χ1v) is 9.30. The molecule has 0 atom stereocenters. The summed E-state index contributed by atoms with van der Waals surface area (Å²) in [4.78, 5) is 39.0. The Morgan fingerprint density at radius 1 is 1.14 bits per heavy atom. The zero-order chi connectivity index (χ0) is 18.4. The van der Waals surface area contributed by atoms with Crippen LogP contribution in [0.1, 0.15) is 66.6 Å². The molecule has 0 aromatic carbocycles. The van der Waals surface area contributed by atoms with Gasteiger partial charge >= 0.3 is 0 Å². The highest BCUT2D eigenvalue weighted by Crippen LogP contribution is 2.38. The van der Waals surface area contributed by atoms with Crippen molar-refractivity contribution in [1.82, 2.24) is 9.55 Å². The predicted molar refractivity (Wildman–Crippen MR) is 114 cm³/mol. The summed E-state index contributed by atoms with van der Waals surface area (Å²) >= 11 is 1.23. The molecule has 0 bridgehead atoms. The molecule has 3 heterocycles. The maximum atomic E-state index is 12.6. The van der Waals surface area contributed by atoms with Crippen LogP contribution in [0, 0.1) is 0 Å².